The molecule has 0 N–H and O–H groups in total. The van der Waals surface area contributed by atoms with Crippen LogP contribution in [-0.4, -0.2) is 43.5 Å². The number of amides is 2. The van der Waals surface area contributed by atoms with Crippen molar-refractivity contribution in [1.82, 2.24) is 4.90 Å². The number of ether oxygens (including phenoxy) is 1. The third kappa shape index (κ3) is 4.63. The number of carbonyl (C=O) groups excluding carboxylic acids is 2. The van der Waals surface area contributed by atoms with Crippen LogP contribution in [0, 0.1) is 5.92 Å². The van der Waals surface area contributed by atoms with Crippen molar-refractivity contribution in [3.8, 4) is 5.75 Å². The summed E-state index contributed by atoms with van der Waals surface area (Å²) in [6.45, 7) is 5.68. The summed E-state index contributed by atoms with van der Waals surface area (Å²) in [6, 6.07) is 5.19. The highest BCUT2D eigenvalue weighted by atomic mass is 35.5. The zero-order valence-electron chi connectivity index (χ0n) is 14.5. The molecule has 0 radical (unpaired) electrons. The van der Waals surface area contributed by atoms with Gasteiger partial charge in [-0.15, -0.1) is 0 Å². The fourth-order valence-corrected chi connectivity index (χ4v) is 3.17. The fourth-order valence-electron chi connectivity index (χ4n) is 2.92. The smallest absolute Gasteiger partial charge is 0.224 e. The summed E-state index contributed by atoms with van der Waals surface area (Å²) in [7, 11) is 1.54. The number of likely N-dealkylation sites (tertiary alicyclic amines) is 1. The average molecular weight is 353 g/mol. The maximum Gasteiger partial charge on any atom is 0.224 e. The molecule has 5 nitrogen and oxygen atoms in total. The number of carbonyl (C=O) groups is 2. The second-order valence-electron chi connectivity index (χ2n) is 6.30. The Morgan fingerprint density at radius 3 is 2.54 bits per heavy atom. The van der Waals surface area contributed by atoms with E-state index in [2.05, 4.69) is 6.92 Å². The fraction of sp³-hybridized carbons (Fsp3) is 0.556. The number of halogens is 1. The van der Waals surface area contributed by atoms with Gasteiger partial charge in [-0.25, -0.2) is 0 Å². The van der Waals surface area contributed by atoms with E-state index in [1.807, 2.05) is 4.90 Å². The molecule has 1 heterocycles. The molecule has 1 saturated heterocycles. The number of hydrogen-bond donors (Lipinski definition) is 0. The van der Waals surface area contributed by atoms with Gasteiger partial charge in [0.25, 0.3) is 0 Å². The van der Waals surface area contributed by atoms with Gasteiger partial charge in [0.2, 0.25) is 11.8 Å². The Kier molecular flexibility index (Phi) is 6.49. The minimum absolute atomic E-state index is 0.104. The van der Waals surface area contributed by atoms with Crippen LogP contribution in [0.4, 0.5) is 5.69 Å². The molecule has 0 aromatic heterocycles. The first-order chi connectivity index (χ1) is 11.4. The summed E-state index contributed by atoms with van der Waals surface area (Å²) in [5, 5.41) is 0.442. The molecular weight excluding hydrogens is 328 g/mol. The molecule has 6 heteroatoms. The standard InChI is InChI=1S/C18H25ClN2O3/c1-13-6-9-20(10-7-13)18(23)8-11-21(14(2)22)15-4-5-17(24-3)16(19)12-15/h4-5,12-13H,6-11H2,1-3H3. The first kappa shape index (κ1) is 18.6. The molecule has 0 spiro atoms. The topological polar surface area (TPSA) is 49.9 Å². The number of nitrogens with zero attached hydrogens (tertiary/aromatic N) is 2. The summed E-state index contributed by atoms with van der Waals surface area (Å²) < 4.78 is 5.13. The molecule has 2 rings (SSSR count). The molecular formula is C18H25ClN2O3. The van der Waals surface area contributed by atoms with Gasteiger partial charge in [-0.1, -0.05) is 18.5 Å². The highest BCUT2D eigenvalue weighted by molar-refractivity contribution is 6.32. The van der Waals surface area contributed by atoms with E-state index in [1.165, 1.54) is 6.92 Å². The molecule has 0 aliphatic carbocycles. The van der Waals surface area contributed by atoms with Gasteiger partial charge in [0, 0.05) is 38.7 Å². The Morgan fingerprint density at radius 2 is 2.00 bits per heavy atom. The molecule has 1 fully saturated rings. The van der Waals surface area contributed by atoms with Crippen molar-refractivity contribution in [3.63, 3.8) is 0 Å². The second-order valence-corrected chi connectivity index (χ2v) is 6.71. The highest BCUT2D eigenvalue weighted by Crippen LogP contribution is 2.29. The first-order valence-electron chi connectivity index (χ1n) is 8.31. The summed E-state index contributed by atoms with van der Waals surface area (Å²) in [6.07, 6.45) is 2.42. The van der Waals surface area contributed by atoms with Crippen LogP contribution < -0.4 is 9.64 Å². The van der Waals surface area contributed by atoms with Crippen molar-refractivity contribution in [1.29, 1.82) is 0 Å². The number of anilines is 1. The van der Waals surface area contributed by atoms with E-state index in [4.69, 9.17) is 16.3 Å². The molecule has 132 valence electrons. The van der Waals surface area contributed by atoms with Crippen molar-refractivity contribution >= 4 is 29.1 Å². The van der Waals surface area contributed by atoms with Crippen LogP contribution in [-0.2, 0) is 9.59 Å². The number of rotatable bonds is 5. The molecule has 1 aliphatic heterocycles. The molecule has 1 aromatic rings. The van der Waals surface area contributed by atoms with Gasteiger partial charge in [-0.2, -0.15) is 0 Å². The van der Waals surface area contributed by atoms with E-state index < -0.39 is 0 Å². The van der Waals surface area contributed by atoms with Gasteiger partial charge in [0.1, 0.15) is 5.75 Å². The number of piperidine rings is 1. The van der Waals surface area contributed by atoms with Crippen molar-refractivity contribution in [3.05, 3.63) is 23.2 Å². The van der Waals surface area contributed by atoms with Crippen LogP contribution >= 0.6 is 11.6 Å². The third-order valence-electron chi connectivity index (χ3n) is 4.51. The Bertz CT molecular complexity index is 598. The molecule has 24 heavy (non-hydrogen) atoms. The lowest BCUT2D eigenvalue weighted by molar-refractivity contribution is -0.132. The van der Waals surface area contributed by atoms with Gasteiger partial charge < -0.3 is 14.5 Å². The molecule has 0 saturated carbocycles. The number of benzene rings is 1. The quantitative estimate of drug-likeness (QED) is 0.816. The lowest BCUT2D eigenvalue weighted by Crippen LogP contribution is -2.40. The van der Waals surface area contributed by atoms with E-state index in [9.17, 15) is 9.59 Å². The Morgan fingerprint density at radius 1 is 1.33 bits per heavy atom. The molecule has 2 amide bonds. The van der Waals surface area contributed by atoms with E-state index >= 15 is 0 Å². The predicted octanol–water partition coefficient (Wildman–Crippen LogP) is 3.35. The van der Waals surface area contributed by atoms with Gasteiger partial charge in [-0.05, 0) is 37.0 Å². The highest BCUT2D eigenvalue weighted by Gasteiger charge is 2.22. The zero-order chi connectivity index (χ0) is 17.7. The van der Waals surface area contributed by atoms with E-state index in [0.717, 1.165) is 25.9 Å². The minimum Gasteiger partial charge on any atom is -0.495 e. The summed E-state index contributed by atoms with van der Waals surface area (Å²) >= 11 is 6.14. The maximum atomic E-state index is 12.4. The summed E-state index contributed by atoms with van der Waals surface area (Å²) in [5.41, 5.74) is 0.674. The molecule has 0 atom stereocenters. The molecule has 1 aromatic carbocycles. The lowest BCUT2D eigenvalue weighted by Gasteiger charge is -2.31. The second kappa shape index (κ2) is 8.38. The largest absolute Gasteiger partial charge is 0.495 e. The van der Waals surface area contributed by atoms with Crippen LogP contribution in [0.2, 0.25) is 5.02 Å². The average Bonchev–Trinajstić information content (AvgIpc) is 2.55. The minimum atomic E-state index is -0.115. The Hall–Kier alpha value is -1.75. The van der Waals surface area contributed by atoms with Crippen LogP contribution in [0.1, 0.15) is 33.1 Å². The monoisotopic (exact) mass is 352 g/mol. The van der Waals surface area contributed by atoms with Gasteiger partial charge in [0.05, 0.1) is 12.1 Å². The zero-order valence-corrected chi connectivity index (χ0v) is 15.3. The van der Waals surface area contributed by atoms with Gasteiger partial charge in [-0.3, -0.25) is 9.59 Å². The van der Waals surface area contributed by atoms with Crippen LogP contribution in [0.5, 0.6) is 5.75 Å². The lowest BCUT2D eigenvalue weighted by atomic mass is 9.99. The normalized spacial score (nSPS) is 15.2. The van der Waals surface area contributed by atoms with E-state index in [1.54, 1.807) is 30.2 Å². The van der Waals surface area contributed by atoms with Gasteiger partial charge in [0.15, 0.2) is 0 Å². The maximum absolute atomic E-state index is 12.4. The predicted molar refractivity (Wildman–Crippen MR) is 95.6 cm³/mol. The van der Waals surface area contributed by atoms with Crippen LogP contribution in [0.3, 0.4) is 0 Å². The van der Waals surface area contributed by atoms with Crippen molar-refractivity contribution in [2.45, 2.75) is 33.1 Å². The first-order valence-corrected chi connectivity index (χ1v) is 8.69. The van der Waals surface area contributed by atoms with E-state index in [0.29, 0.717) is 35.3 Å². The van der Waals surface area contributed by atoms with Crippen molar-refractivity contribution in [2.24, 2.45) is 5.92 Å². The Balaban J connectivity index is 2.00. The number of hydrogen-bond acceptors (Lipinski definition) is 3. The Labute approximate surface area is 148 Å². The van der Waals surface area contributed by atoms with Crippen LogP contribution in [0.15, 0.2) is 18.2 Å². The number of methoxy groups -OCH3 is 1. The summed E-state index contributed by atoms with van der Waals surface area (Å²) in [4.78, 5) is 27.8. The third-order valence-corrected chi connectivity index (χ3v) is 4.81. The molecule has 0 bridgehead atoms. The van der Waals surface area contributed by atoms with Gasteiger partial charge >= 0.3 is 0 Å². The van der Waals surface area contributed by atoms with Crippen LogP contribution in [0.25, 0.3) is 0 Å². The molecule has 1 aliphatic rings. The summed E-state index contributed by atoms with van der Waals surface area (Å²) in [5.74, 6) is 1.23. The van der Waals surface area contributed by atoms with Crippen molar-refractivity contribution < 1.29 is 14.3 Å². The molecule has 0 unspecified atom stereocenters. The van der Waals surface area contributed by atoms with Crippen molar-refractivity contribution in [2.75, 3.05) is 31.6 Å². The van der Waals surface area contributed by atoms with E-state index in [-0.39, 0.29) is 11.8 Å². The SMILES string of the molecule is COc1ccc(N(CCC(=O)N2CCC(C)CC2)C(C)=O)cc1Cl.